The number of aryl methyl sites for hydroxylation is 1. The number of phenolic OH excluding ortho intramolecular Hbond substituents is 2. The third kappa shape index (κ3) is 5.19. The molecule has 0 aliphatic rings. The van der Waals surface area contributed by atoms with Crippen molar-refractivity contribution in [2.24, 2.45) is 0 Å². The van der Waals surface area contributed by atoms with Crippen LogP contribution in [-0.2, 0) is 24.1 Å². The average molecular weight is 425 g/mol. The molecule has 4 aromatic rings. The molecule has 0 aliphatic carbocycles. The third-order valence-corrected chi connectivity index (χ3v) is 5.34. The second-order valence-electron chi connectivity index (χ2n) is 7.87. The molecule has 0 spiro atoms. The molecule has 1 aromatic heterocycles. The minimum Gasteiger partial charge on any atom is -0.508 e. The van der Waals surface area contributed by atoms with Crippen molar-refractivity contribution >= 4 is 5.78 Å². The second kappa shape index (κ2) is 9.43. The van der Waals surface area contributed by atoms with Gasteiger partial charge in [0.15, 0.2) is 0 Å². The van der Waals surface area contributed by atoms with Crippen LogP contribution in [0, 0.1) is 6.92 Å². The molecule has 5 nitrogen and oxygen atoms in total. The van der Waals surface area contributed by atoms with Crippen LogP contribution in [0.25, 0.3) is 11.3 Å². The van der Waals surface area contributed by atoms with Gasteiger partial charge in [-0.1, -0.05) is 42.5 Å². The molecule has 0 radical (unpaired) electrons. The summed E-state index contributed by atoms with van der Waals surface area (Å²) in [4.78, 5) is 22.2. The van der Waals surface area contributed by atoms with Gasteiger partial charge in [0.2, 0.25) is 0 Å². The highest BCUT2D eigenvalue weighted by Crippen LogP contribution is 2.25. The zero-order valence-corrected chi connectivity index (χ0v) is 17.8. The van der Waals surface area contributed by atoms with Crippen molar-refractivity contribution < 1.29 is 15.0 Å². The summed E-state index contributed by atoms with van der Waals surface area (Å²) in [5.41, 5.74) is 5.70. The topological polar surface area (TPSA) is 83.3 Å². The number of benzene rings is 3. The fourth-order valence-corrected chi connectivity index (χ4v) is 3.58. The van der Waals surface area contributed by atoms with Crippen molar-refractivity contribution in [3.8, 4) is 22.8 Å². The van der Waals surface area contributed by atoms with Crippen LogP contribution in [0.4, 0.5) is 0 Å². The number of ketones is 1. The van der Waals surface area contributed by atoms with Crippen molar-refractivity contribution in [3.05, 3.63) is 107 Å². The van der Waals surface area contributed by atoms with E-state index in [0.717, 1.165) is 27.9 Å². The number of carbonyl (C=O) groups is 1. The van der Waals surface area contributed by atoms with E-state index in [2.05, 4.69) is 4.98 Å². The van der Waals surface area contributed by atoms with E-state index in [0.29, 0.717) is 17.8 Å². The van der Waals surface area contributed by atoms with Gasteiger partial charge in [-0.3, -0.25) is 9.78 Å². The van der Waals surface area contributed by atoms with E-state index in [1.54, 1.807) is 36.5 Å². The maximum atomic E-state index is 12.8. The number of nitrogens with zero attached hydrogens (tertiary/aromatic N) is 2. The Balaban J connectivity index is 1.63. The van der Waals surface area contributed by atoms with Gasteiger partial charge in [-0.25, -0.2) is 4.98 Å². The van der Waals surface area contributed by atoms with E-state index in [1.165, 1.54) is 0 Å². The summed E-state index contributed by atoms with van der Waals surface area (Å²) in [5, 5.41) is 19.3. The Labute approximate surface area is 187 Å². The second-order valence-corrected chi connectivity index (χ2v) is 7.87. The highest BCUT2D eigenvalue weighted by Gasteiger charge is 2.15. The molecule has 0 fully saturated rings. The number of phenols is 2. The van der Waals surface area contributed by atoms with Gasteiger partial charge >= 0.3 is 0 Å². The Morgan fingerprint density at radius 3 is 2.31 bits per heavy atom. The lowest BCUT2D eigenvalue weighted by Gasteiger charge is -2.11. The Kier molecular flexibility index (Phi) is 6.26. The van der Waals surface area contributed by atoms with E-state index in [-0.39, 0.29) is 30.1 Å². The summed E-state index contributed by atoms with van der Waals surface area (Å²) in [6.45, 7) is 1.84. The lowest BCUT2D eigenvalue weighted by Crippen LogP contribution is -2.12. The monoisotopic (exact) mass is 424 g/mol. The van der Waals surface area contributed by atoms with Gasteiger partial charge in [0.1, 0.15) is 17.3 Å². The molecular weight excluding hydrogens is 400 g/mol. The standard InChI is InChI=1S/C27H24N2O3/c1-18-13-21(9-12-27(18)32)26-17-28-24(25(29-26)15-19-5-3-2-4-6-19)16-23(31)14-20-7-10-22(30)11-8-20/h2-13,17,30,32H,14-16H2,1H3. The van der Waals surface area contributed by atoms with Crippen LogP contribution < -0.4 is 0 Å². The first-order chi connectivity index (χ1) is 15.5. The molecule has 0 bridgehead atoms. The summed E-state index contributed by atoms with van der Waals surface area (Å²) in [7, 11) is 0. The van der Waals surface area contributed by atoms with Gasteiger partial charge in [-0.15, -0.1) is 0 Å². The van der Waals surface area contributed by atoms with Crippen molar-refractivity contribution in [1.29, 1.82) is 0 Å². The Morgan fingerprint density at radius 1 is 0.844 bits per heavy atom. The summed E-state index contributed by atoms with van der Waals surface area (Å²) in [5.74, 6) is 0.451. The van der Waals surface area contributed by atoms with Gasteiger partial charge in [0, 0.05) is 18.4 Å². The molecule has 5 heteroatoms. The van der Waals surface area contributed by atoms with Gasteiger partial charge in [-0.2, -0.15) is 0 Å². The van der Waals surface area contributed by atoms with Crippen molar-refractivity contribution in [3.63, 3.8) is 0 Å². The number of rotatable bonds is 7. The molecule has 0 saturated carbocycles. The number of Topliss-reactive ketones (excluding diaryl/α,β-unsaturated/α-hetero) is 1. The fraction of sp³-hybridized carbons (Fsp3) is 0.148. The number of aromatic hydroxyl groups is 2. The molecule has 0 amide bonds. The maximum Gasteiger partial charge on any atom is 0.143 e. The molecule has 0 saturated heterocycles. The predicted octanol–water partition coefficient (Wildman–Crippen LogP) is 4.81. The number of carbonyl (C=O) groups excluding carboxylic acids is 1. The first-order valence-electron chi connectivity index (χ1n) is 10.5. The SMILES string of the molecule is Cc1cc(-c2cnc(CC(=O)Cc3ccc(O)cc3)c(Cc3ccccc3)n2)ccc1O. The van der Waals surface area contributed by atoms with Gasteiger partial charge in [-0.05, 0) is 53.9 Å². The molecular formula is C27H24N2O3. The minimum atomic E-state index is 0.0347. The predicted molar refractivity (Wildman–Crippen MR) is 124 cm³/mol. The van der Waals surface area contributed by atoms with Crippen LogP contribution in [0.15, 0.2) is 79.0 Å². The van der Waals surface area contributed by atoms with Crippen LogP contribution in [0.5, 0.6) is 11.5 Å². The van der Waals surface area contributed by atoms with Crippen LogP contribution in [-0.4, -0.2) is 26.0 Å². The van der Waals surface area contributed by atoms with Gasteiger partial charge in [0.05, 0.1) is 29.7 Å². The van der Waals surface area contributed by atoms with Gasteiger partial charge < -0.3 is 10.2 Å². The van der Waals surface area contributed by atoms with Crippen molar-refractivity contribution in [1.82, 2.24) is 9.97 Å². The van der Waals surface area contributed by atoms with Crippen LogP contribution in [0.1, 0.15) is 28.1 Å². The highest BCUT2D eigenvalue weighted by molar-refractivity contribution is 5.83. The summed E-state index contributed by atoms with van der Waals surface area (Å²) in [6.07, 6.45) is 2.71. The maximum absolute atomic E-state index is 12.8. The molecule has 0 unspecified atom stereocenters. The van der Waals surface area contributed by atoms with Crippen molar-refractivity contribution in [2.45, 2.75) is 26.2 Å². The summed E-state index contributed by atoms with van der Waals surface area (Å²) < 4.78 is 0. The lowest BCUT2D eigenvalue weighted by molar-refractivity contribution is -0.117. The number of hydrogen-bond donors (Lipinski definition) is 2. The van der Waals surface area contributed by atoms with Crippen LogP contribution in [0.2, 0.25) is 0 Å². The summed E-state index contributed by atoms with van der Waals surface area (Å²) >= 11 is 0. The Morgan fingerprint density at radius 2 is 1.59 bits per heavy atom. The minimum absolute atomic E-state index is 0.0347. The average Bonchev–Trinajstić information content (AvgIpc) is 2.79. The first-order valence-corrected chi connectivity index (χ1v) is 10.5. The molecule has 2 N–H and O–H groups in total. The van der Waals surface area contributed by atoms with E-state index in [1.807, 2.05) is 49.4 Å². The zero-order valence-electron chi connectivity index (χ0n) is 17.8. The highest BCUT2D eigenvalue weighted by atomic mass is 16.3. The van der Waals surface area contributed by atoms with E-state index in [4.69, 9.17) is 4.98 Å². The van der Waals surface area contributed by atoms with E-state index in [9.17, 15) is 15.0 Å². The summed E-state index contributed by atoms with van der Waals surface area (Å²) in [6, 6.07) is 22.0. The van der Waals surface area contributed by atoms with E-state index < -0.39 is 0 Å². The largest absolute Gasteiger partial charge is 0.508 e. The number of aromatic nitrogens is 2. The normalized spacial score (nSPS) is 10.8. The molecule has 3 aromatic carbocycles. The molecule has 0 atom stereocenters. The first kappa shape index (κ1) is 21.2. The molecule has 160 valence electrons. The fourth-order valence-electron chi connectivity index (χ4n) is 3.58. The molecule has 32 heavy (non-hydrogen) atoms. The van der Waals surface area contributed by atoms with Crippen LogP contribution >= 0.6 is 0 Å². The molecule has 0 aliphatic heterocycles. The molecule has 4 rings (SSSR count). The van der Waals surface area contributed by atoms with E-state index >= 15 is 0 Å². The Hall–Kier alpha value is -3.99. The van der Waals surface area contributed by atoms with Crippen molar-refractivity contribution in [2.75, 3.05) is 0 Å². The quantitative estimate of drug-likeness (QED) is 0.445. The van der Waals surface area contributed by atoms with Crippen LogP contribution in [0.3, 0.4) is 0 Å². The zero-order chi connectivity index (χ0) is 22.5. The lowest BCUT2D eigenvalue weighted by atomic mass is 10.0. The third-order valence-electron chi connectivity index (χ3n) is 5.34. The smallest absolute Gasteiger partial charge is 0.143 e. The van der Waals surface area contributed by atoms with Gasteiger partial charge in [0.25, 0.3) is 0 Å². The number of hydrogen-bond acceptors (Lipinski definition) is 5. The molecule has 1 heterocycles. The Bertz CT molecular complexity index is 1240.